The molecule has 544 valence electrons. The van der Waals surface area contributed by atoms with Gasteiger partial charge in [-0.25, -0.2) is 26.4 Å². The summed E-state index contributed by atoms with van der Waals surface area (Å²) in [4.78, 5) is 27.7. The minimum absolute atomic E-state index is 0.0100. The molecule has 2 heterocycles. The van der Waals surface area contributed by atoms with Gasteiger partial charge in [-0.05, 0) is 278 Å². The Balaban J connectivity index is 0.000000176. The van der Waals surface area contributed by atoms with Crippen molar-refractivity contribution < 1.29 is 46.9 Å². The molecule has 2 unspecified atom stereocenters. The number of aromatic carboxylic acids is 2. The molecule has 8 saturated carbocycles. The van der Waals surface area contributed by atoms with Gasteiger partial charge in [-0.1, -0.05) is 106 Å². The highest BCUT2D eigenvalue weighted by Crippen LogP contribution is 2.79. The summed E-state index contributed by atoms with van der Waals surface area (Å²) in [7, 11) is -5.76. The number of carboxylic acids is 2. The fourth-order valence-corrected chi connectivity index (χ4v) is 30.2. The van der Waals surface area contributed by atoms with Crippen LogP contribution in [0, 0.1) is 102 Å². The molecule has 10 fully saturated rings. The zero-order valence-corrected chi connectivity index (χ0v) is 63.5. The van der Waals surface area contributed by atoms with Crippen LogP contribution in [0.1, 0.15) is 231 Å². The monoisotopic (exact) mass is 1390 g/mol. The first-order valence-electron chi connectivity index (χ1n) is 38.8. The van der Waals surface area contributed by atoms with E-state index < -0.39 is 31.6 Å². The van der Waals surface area contributed by atoms with Gasteiger partial charge in [0.25, 0.3) is 0 Å². The van der Waals surface area contributed by atoms with Gasteiger partial charge in [-0.2, -0.15) is 0 Å². The van der Waals surface area contributed by atoms with Crippen molar-refractivity contribution in [1.82, 2.24) is 20.4 Å². The van der Waals surface area contributed by atoms with Crippen molar-refractivity contribution in [1.29, 1.82) is 0 Å². The minimum Gasteiger partial charge on any atom is -0.478 e. The number of nitrogens with one attached hydrogen (secondary N) is 2. The van der Waals surface area contributed by atoms with Gasteiger partial charge < -0.3 is 40.9 Å². The van der Waals surface area contributed by atoms with E-state index in [0.717, 1.165) is 88.7 Å². The second-order valence-electron chi connectivity index (χ2n) is 37.3. The van der Waals surface area contributed by atoms with Gasteiger partial charge in [0.05, 0.1) is 46.3 Å². The summed E-state index contributed by atoms with van der Waals surface area (Å²) in [6, 6.07) is 15.1. The molecule has 16 heteroatoms. The fraction of sp³-hybridized carbons (Fsp3) is 0.780. The smallest absolute Gasteiger partial charge is 0.335 e. The molecule has 0 spiro atoms. The summed E-state index contributed by atoms with van der Waals surface area (Å²) in [6.07, 6.45) is 25.6. The Bertz CT molecular complexity index is 3380. The van der Waals surface area contributed by atoms with Crippen molar-refractivity contribution in [3.8, 4) is 0 Å². The van der Waals surface area contributed by atoms with Crippen molar-refractivity contribution in [2.75, 3.05) is 75.4 Å². The van der Waals surface area contributed by atoms with E-state index in [0.29, 0.717) is 96.5 Å². The summed E-state index contributed by atoms with van der Waals surface area (Å²) >= 11 is 0. The molecule has 0 bridgehead atoms. The lowest BCUT2D eigenvalue weighted by Gasteiger charge is -2.72. The number of hydrogen-bond donors (Lipinski definition) is 6. The van der Waals surface area contributed by atoms with Gasteiger partial charge in [0.15, 0.2) is 19.7 Å². The van der Waals surface area contributed by atoms with E-state index in [1.165, 1.54) is 75.4 Å². The second-order valence-corrected chi connectivity index (χ2v) is 41.9. The van der Waals surface area contributed by atoms with Crippen LogP contribution in [0.25, 0.3) is 11.1 Å². The van der Waals surface area contributed by atoms with Gasteiger partial charge >= 0.3 is 11.9 Å². The van der Waals surface area contributed by atoms with Crippen molar-refractivity contribution >= 4 is 42.8 Å². The van der Waals surface area contributed by atoms with Gasteiger partial charge in [-0.3, -0.25) is 0 Å². The van der Waals surface area contributed by atoms with Crippen LogP contribution < -0.4 is 10.6 Å². The molecule has 2 aromatic carbocycles. The number of nitrogens with zero attached hydrogens (tertiary/aromatic N) is 2. The lowest BCUT2D eigenvalue weighted by molar-refractivity contribution is -0.222. The number of hydrogen-bond acceptors (Lipinski definition) is 12. The minimum atomic E-state index is -2.88. The second kappa shape index (κ2) is 25.7. The molecule has 14 rings (SSSR count). The van der Waals surface area contributed by atoms with Crippen molar-refractivity contribution in [3.05, 3.63) is 82.9 Å². The van der Waals surface area contributed by atoms with Gasteiger partial charge in [-0.15, -0.1) is 0 Å². The van der Waals surface area contributed by atoms with Crippen LogP contribution in [0.2, 0.25) is 0 Å². The van der Waals surface area contributed by atoms with E-state index in [9.17, 15) is 46.9 Å². The number of rotatable bonds is 14. The standard InChI is InChI=1S/2C41H62N2O5S/c2*1-27(44)30-13-18-41(42-21-22-43-23-25-49(47,48)26-24-43)20-19-39(5)32(35(30)41)11-12-34-38(4)16-14-31(28-7-9-29(10-8-28)36(45)46)37(2,3)33(38)15-17-40(34,39)6/h2*7-10,14,27,30,32-35,42,44H,11-13,15-26H2,1-6H3,(H,45,46)/t2*27?,30-,32+,33-,34+,35+,38-,39+,40+,41-/m00/s1. The van der Waals surface area contributed by atoms with E-state index in [1.54, 1.807) is 24.3 Å². The molecule has 14 nitrogen and oxygen atoms in total. The molecule has 0 amide bonds. The summed E-state index contributed by atoms with van der Waals surface area (Å²) in [5, 5.41) is 49.7. The Morgan fingerprint density at radius 1 is 0.459 bits per heavy atom. The number of allylic oxidation sites excluding steroid dienone is 4. The highest BCUT2D eigenvalue weighted by atomic mass is 32.2. The van der Waals surface area contributed by atoms with E-state index in [4.69, 9.17) is 0 Å². The molecular weight excluding hydrogens is 1270 g/mol. The highest BCUT2D eigenvalue weighted by molar-refractivity contribution is 7.91. The van der Waals surface area contributed by atoms with Crippen LogP contribution in [0.4, 0.5) is 0 Å². The van der Waals surface area contributed by atoms with E-state index in [1.807, 2.05) is 38.1 Å². The summed E-state index contributed by atoms with van der Waals surface area (Å²) < 4.78 is 48.0. The first-order valence-corrected chi connectivity index (χ1v) is 42.4. The fourth-order valence-electron chi connectivity index (χ4n) is 27.6. The zero-order valence-electron chi connectivity index (χ0n) is 61.9. The van der Waals surface area contributed by atoms with Crippen LogP contribution >= 0.6 is 0 Å². The molecule has 98 heavy (non-hydrogen) atoms. The van der Waals surface area contributed by atoms with Crippen molar-refractivity contribution in [2.24, 2.45) is 102 Å². The maximum atomic E-state index is 12.0. The van der Waals surface area contributed by atoms with Crippen LogP contribution in [0.3, 0.4) is 0 Å². The zero-order chi connectivity index (χ0) is 70.4. The third-order valence-electron chi connectivity index (χ3n) is 32.9. The number of sulfone groups is 2. The average molecular weight is 1390 g/mol. The molecular formula is C82H124N4O10S2. The molecule has 0 aromatic heterocycles. The number of carbonyl (C=O) groups is 2. The van der Waals surface area contributed by atoms with Crippen LogP contribution in [-0.4, -0.2) is 158 Å². The van der Waals surface area contributed by atoms with Gasteiger partial charge in [0.2, 0.25) is 0 Å². The molecule has 2 aliphatic heterocycles. The number of fused-ring (bicyclic) bond motifs is 14. The quantitative estimate of drug-likeness (QED) is 0.104. The number of carboxylic acid groups (broad SMARTS) is 2. The predicted molar refractivity (Wildman–Crippen MR) is 392 cm³/mol. The van der Waals surface area contributed by atoms with Crippen LogP contribution in [0.5, 0.6) is 0 Å². The predicted octanol–water partition coefficient (Wildman–Crippen LogP) is 13.8. The molecule has 2 saturated heterocycles. The summed E-state index contributed by atoms with van der Waals surface area (Å²) in [6.45, 7) is 35.8. The Morgan fingerprint density at radius 2 is 0.806 bits per heavy atom. The number of aliphatic hydroxyl groups is 2. The average Bonchev–Trinajstić information content (AvgIpc) is 1.02. The summed E-state index contributed by atoms with van der Waals surface area (Å²) in [5.74, 6) is 4.43. The largest absolute Gasteiger partial charge is 0.478 e. The first-order chi connectivity index (χ1) is 45.9. The molecule has 0 radical (unpaired) electrons. The highest BCUT2D eigenvalue weighted by Gasteiger charge is 2.73. The molecule has 10 aliphatic carbocycles. The Hall–Kier alpha value is -3.48. The van der Waals surface area contributed by atoms with Crippen molar-refractivity contribution in [2.45, 2.75) is 222 Å². The Kier molecular flexibility index (Phi) is 19.1. The normalized spacial score (nSPS) is 43.3. The van der Waals surface area contributed by atoms with Crippen LogP contribution in [0.15, 0.2) is 60.7 Å². The molecule has 6 N–H and O–H groups in total. The van der Waals surface area contributed by atoms with Gasteiger partial charge in [0, 0.05) is 63.4 Å². The van der Waals surface area contributed by atoms with E-state index in [2.05, 4.69) is 102 Å². The van der Waals surface area contributed by atoms with E-state index >= 15 is 0 Å². The number of aliphatic hydroxyl groups excluding tert-OH is 2. The maximum absolute atomic E-state index is 12.0. The summed E-state index contributed by atoms with van der Waals surface area (Å²) in [5.41, 5.74) is 7.10. The van der Waals surface area contributed by atoms with Gasteiger partial charge in [0.1, 0.15) is 0 Å². The van der Waals surface area contributed by atoms with Crippen molar-refractivity contribution in [3.63, 3.8) is 0 Å². The molecule has 12 aliphatic rings. The maximum Gasteiger partial charge on any atom is 0.335 e. The van der Waals surface area contributed by atoms with E-state index in [-0.39, 0.29) is 89.6 Å². The Morgan fingerprint density at radius 3 is 1.13 bits per heavy atom. The molecule has 20 atom stereocenters. The SMILES string of the molecule is CC(O)[C@@H]1CC[C@]2(NCCN3CCS(=O)(=O)CC3)CC[C@]3(C)[C@H](CC[C@@H]4[C@@]5(C)CC=C(c6ccc(C(=O)O)cc6)C(C)(C)[C@@H]5CC[C@]43C)[C@@H]12.CC(O)[C@@H]1CC[C@]2(NCCN3CCS(=O)(=O)CC3)CC[C@]3(C)[C@H](CC[C@@H]4[C@@]5(C)CC=C(c6ccc(C(=O)O)cc6)C(C)(C)[C@@H]5CC[C@]43C)[C@@H]12. The van der Waals surface area contributed by atoms with Crippen LogP contribution in [-0.2, 0) is 19.7 Å². The first kappa shape index (κ1) is 72.9. The lowest BCUT2D eigenvalue weighted by atomic mass is 9.33. The third-order valence-corrected chi connectivity index (χ3v) is 36.2. The Labute approximate surface area is 589 Å². The molecule has 2 aromatic rings. The topological polar surface area (TPSA) is 214 Å². The third kappa shape index (κ3) is 11.8. The lowest BCUT2D eigenvalue weighted by Crippen LogP contribution is -2.68. The number of benzene rings is 2.